The summed E-state index contributed by atoms with van der Waals surface area (Å²) in [7, 11) is 0. The number of halogens is 2. The van der Waals surface area contributed by atoms with Gasteiger partial charge in [-0.15, -0.1) is 0 Å². The molecule has 8 heteroatoms. The highest BCUT2D eigenvalue weighted by Gasteiger charge is 2.17. The summed E-state index contributed by atoms with van der Waals surface area (Å²) >= 11 is 6.05. The van der Waals surface area contributed by atoms with Crippen LogP contribution in [0.25, 0.3) is 0 Å². The number of hydrogen-bond donors (Lipinski definition) is 2. The van der Waals surface area contributed by atoms with Gasteiger partial charge >= 0.3 is 0 Å². The van der Waals surface area contributed by atoms with Crippen LogP contribution in [0.1, 0.15) is 12.8 Å². The highest BCUT2D eigenvalue weighted by molar-refractivity contribution is 6.30. The van der Waals surface area contributed by atoms with Gasteiger partial charge in [0.15, 0.2) is 0 Å². The molecular weight excluding hydrogens is 367 g/mol. The average molecular weight is 385 g/mol. The van der Waals surface area contributed by atoms with E-state index in [0.717, 1.165) is 31.6 Å². The van der Waals surface area contributed by atoms with Crippen LogP contribution >= 0.6 is 11.6 Å². The van der Waals surface area contributed by atoms with Gasteiger partial charge in [0.25, 0.3) is 0 Å². The Morgan fingerprint density at radius 2 is 1.52 bits per heavy atom. The molecule has 0 amide bonds. The second-order valence-corrected chi connectivity index (χ2v) is 6.68. The molecule has 0 spiro atoms. The van der Waals surface area contributed by atoms with Crippen molar-refractivity contribution >= 4 is 40.8 Å². The van der Waals surface area contributed by atoms with Crippen molar-refractivity contribution in [3.63, 3.8) is 0 Å². The molecule has 138 valence electrons. The Morgan fingerprint density at radius 1 is 0.852 bits per heavy atom. The summed E-state index contributed by atoms with van der Waals surface area (Å²) in [5.41, 5.74) is 1.48. The van der Waals surface area contributed by atoms with Crippen molar-refractivity contribution in [1.82, 2.24) is 15.0 Å². The number of hydrogen-bond acceptors (Lipinski definition) is 6. The molecule has 2 heterocycles. The number of rotatable bonds is 5. The lowest BCUT2D eigenvalue weighted by atomic mass is 10.3. The minimum absolute atomic E-state index is 0.294. The Labute approximate surface area is 161 Å². The van der Waals surface area contributed by atoms with Gasteiger partial charge in [-0.2, -0.15) is 15.0 Å². The number of nitrogens with zero attached hydrogens (tertiary/aromatic N) is 4. The number of benzene rings is 2. The second kappa shape index (κ2) is 7.75. The molecule has 27 heavy (non-hydrogen) atoms. The van der Waals surface area contributed by atoms with E-state index in [2.05, 4.69) is 30.5 Å². The van der Waals surface area contributed by atoms with Crippen molar-refractivity contribution in [2.45, 2.75) is 12.8 Å². The van der Waals surface area contributed by atoms with Gasteiger partial charge in [-0.3, -0.25) is 0 Å². The third-order valence-corrected chi connectivity index (χ3v) is 4.43. The molecule has 2 aromatic carbocycles. The quantitative estimate of drug-likeness (QED) is 0.661. The maximum Gasteiger partial charge on any atom is 0.233 e. The largest absolute Gasteiger partial charge is 0.341 e. The van der Waals surface area contributed by atoms with Crippen LogP contribution in [0.5, 0.6) is 0 Å². The summed E-state index contributed by atoms with van der Waals surface area (Å²) in [6.07, 6.45) is 2.23. The molecule has 0 radical (unpaired) electrons. The second-order valence-electron chi connectivity index (χ2n) is 6.24. The van der Waals surface area contributed by atoms with Gasteiger partial charge in [0.2, 0.25) is 17.8 Å². The smallest absolute Gasteiger partial charge is 0.233 e. The number of anilines is 5. The minimum Gasteiger partial charge on any atom is -0.341 e. The van der Waals surface area contributed by atoms with Crippen molar-refractivity contribution in [2.24, 2.45) is 0 Å². The first-order valence-corrected chi connectivity index (χ1v) is 9.10. The topological polar surface area (TPSA) is 66.0 Å². The Morgan fingerprint density at radius 3 is 2.19 bits per heavy atom. The Balaban J connectivity index is 1.64. The first-order valence-electron chi connectivity index (χ1n) is 8.72. The first-order chi connectivity index (χ1) is 13.2. The highest BCUT2D eigenvalue weighted by atomic mass is 35.5. The van der Waals surface area contributed by atoms with E-state index in [-0.39, 0.29) is 5.82 Å². The molecular formula is C19H18ClFN6. The lowest BCUT2D eigenvalue weighted by Crippen LogP contribution is -2.21. The van der Waals surface area contributed by atoms with E-state index < -0.39 is 0 Å². The molecule has 1 aliphatic rings. The zero-order chi connectivity index (χ0) is 18.6. The molecule has 2 N–H and O–H groups in total. The van der Waals surface area contributed by atoms with Crippen LogP contribution in [-0.4, -0.2) is 28.0 Å². The third kappa shape index (κ3) is 4.43. The summed E-state index contributed by atoms with van der Waals surface area (Å²) in [6, 6.07) is 13.4. The van der Waals surface area contributed by atoms with Crippen molar-refractivity contribution in [1.29, 1.82) is 0 Å². The molecule has 6 nitrogen and oxygen atoms in total. The summed E-state index contributed by atoms with van der Waals surface area (Å²) in [6.45, 7) is 1.83. The van der Waals surface area contributed by atoms with Gasteiger partial charge in [0, 0.05) is 29.5 Å². The van der Waals surface area contributed by atoms with Gasteiger partial charge in [-0.1, -0.05) is 17.7 Å². The third-order valence-electron chi connectivity index (χ3n) is 4.19. The lowest BCUT2D eigenvalue weighted by Gasteiger charge is -2.17. The van der Waals surface area contributed by atoms with Crippen LogP contribution in [0, 0.1) is 5.82 Å². The van der Waals surface area contributed by atoms with Crippen LogP contribution < -0.4 is 15.5 Å². The number of nitrogens with one attached hydrogen (secondary N) is 2. The standard InChI is InChI=1S/C19H18ClFN6/c20-13-4-3-5-16(12-13)23-18-24-17(22-15-8-6-14(21)7-9-15)25-19(26-18)27-10-1-2-11-27/h3-9,12H,1-2,10-11H2,(H2,22,23,24,25,26). The maximum absolute atomic E-state index is 13.1. The van der Waals surface area contributed by atoms with Crippen LogP contribution in [0.15, 0.2) is 48.5 Å². The maximum atomic E-state index is 13.1. The van der Waals surface area contributed by atoms with E-state index in [0.29, 0.717) is 28.6 Å². The molecule has 1 fully saturated rings. The molecule has 0 unspecified atom stereocenters. The monoisotopic (exact) mass is 384 g/mol. The van der Waals surface area contributed by atoms with Crippen LogP contribution in [-0.2, 0) is 0 Å². The van der Waals surface area contributed by atoms with Crippen LogP contribution in [0.2, 0.25) is 5.02 Å². The Kier molecular flexibility index (Phi) is 5.02. The Bertz CT molecular complexity index is 928. The van der Waals surface area contributed by atoms with Gasteiger partial charge in [0.1, 0.15) is 5.82 Å². The zero-order valence-electron chi connectivity index (χ0n) is 14.5. The molecule has 0 atom stereocenters. The van der Waals surface area contributed by atoms with Gasteiger partial charge in [-0.05, 0) is 55.3 Å². The van der Waals surface area contributed by atoms with Gasteiger partial charge in [0.05, 0.1) is 0 Å². The van der Waals surface area contributed by atoms with E-state index >= 15 is 0 Å². The molecule has 1 aromatic heterocycles. The molecule has 1 saturated heterocycles. The SMILES string of the molecule is Fc1ccc(Nc2nc(Nc3cccc(Cl)c3)nc(N3CCCC3)n2)cc1. The minimum atomic E-state index is -0.294. The first kappa shape index (κ1) is 17.5. The van der Waals surface area contributed by atoms with E-state index in [1.165, 1.54) is 12.1 Å². The van der Waals surface area contributed by atoms with Crippen molar-refractivity contribution in [3.05, 3.63) is 59.4 Å². The predicted molar refractivity (Wildman–Crippen MR) is 106 cm³/mol. The summed E-state index contributed by atoms with van der Waals surface area (Å²) in [5, 5.41) is 6.91. The molecule has 3 aromatic rings. The van der Waals surface area contributed by atoms with Gasteiger partial charge < -0.3 is 15.5 Å². The normalized spacial score (nSPS) is 13.6. The highest BCUT2D eigenvalue weighted by Crippen LogP contribution is 2.23. The zero-order valence-corrected chi connectivity index (χ0v) is 15.2. The fourth-order valence-electron chi connectivity index (χ4n) is 2.89. The van der Waals surface area contributed by atoms with Crippen molar-refractivity contribution in [2.75, 3.05) is 28.6 Å². The molecule has 0 aliphatic carbocycles. The summed E-state index contributed by atoms with van der Waals surface area (Å²) < 4.78 is 13.1. The molecule has 1 aliphatic heterocycles. The molecule has 0 bridgehead atoms. The predicted octanol–water partition coefficient (Wildman–Crippen LogP) is 4.75. The molecule has 4 rings (SSSR count). The van der Waals surface area contributed by atoms with Crippen molar-refractivity contribution in [3.8, 4) is 0 Å². The van der Waals surface area contributed by atoms with E-state index in [1.807, 2.05) is 12.1 Å². The Hall–Kier alpha value is -2.93. The molecule has 0 saturated carbocycles. The van der Waals surface area contributed by atoms with E-state index in [4.69, 9.17) is 11.6 Å². The fraction of sp³-hybridized carbons (Fsp3) is 0.211. The summed E-state index contributed by atoms with van der Waals surface area (Å²) in [4.78, 5) is 15.6. The average Bonchev–Trinajstić information content (AvgIpc) is 3.18. The van der Waals surface area contributed by atoms with Crippen molar-refractivity contribution < 1.29 is 4.39 Å². The van der Waals surface area contributed by atoms with Gasteiger partial charge in [-0.25, -0.2) is 4.39 Å². The number of aromatic nitrogens is 3. The summed E-state index contributed by atoms with van der Waals surface area (Å²) in [5.74, 6) is 1.12. The lowest BCUT2D eigenvalue weighted by molar-refractivity contribution is 0.628. The van der Waals surface area contributed by atoms with Crippen LogP contribution in [0.4, 0.5) is 33.6 Å². The van der Waals surface area contributed by atoms with Crippen LogP contribution in [0.3, 0.4) is 0 Å². The fourth-order valence-corrected chi connectivity index (χ4v) is 3.08. The van der Waals surface area contributed by atoms with E-state index in [1.54, 1.807) is 24.3 Å². The van der Waals surface area contributed by atoms with E-state index in [9.17, 15) is 4.39 Å².